The van der Waals surface area contributed by atoms with Crippen LogP contribution in [0.25, 0.3) is 22.2 Å². The van der Waals surface area contributed by atoms with E-state index in [4.69, 9.17) is 27.9 Å². The van der Waals surface area contributed by atoms with Crippen molar-refractivity contribution in [2.75, 3.05) is 0 Å². The Kier molecular flexibility index (Phi) is 3.21. The van der Waals surface area contributed by atoms with Crippen molar-refractivity contribution in [1.29, 1.82) is 0 Å². The summed E-state index contributed by atoms with van der Waals surface area (Å²) in [5, 5.41) is 2.25. The van der Waals surface area contributed by atoms with Crippen molar-refractivity contribution in [3.8, 4) is 17.0 Å². The molecular formula is C21H11Cl2NO. The van der Waals surface area contributed by atoms with Crippen molar-refractivity contribution >= 4 is 34.1 Å². The van der Waals surface area contributed by atoms with Crippen LogP contribution in [-0.2, 0) is 0 Å². The van der Waals surface area contributed by atoms with Crippen LogP contribution in [0, 0.1) is 12.1 Å². The van der Waals surface area contributed by atoms with Crippen molar-refractivity contribution in [2.24, 2.45) is 0 Å². The Balaban J connectivity index is 1.84. The Labute approximate surface area is 155 Å². The van der Waals surface area contributed by atoms with Crippen LogP contribution in [0.15, 0.2) is 60.7 Å². The molecule has 1 aliphatic rings. The van der Waals surface area contributed by atoms with E-state index in [9.17, 15) is 0 Å². The zero-order valence-corrected chi connectivity index (χ0v) is 14.5. The lowest BCUT2D eigenvalue weighted by atomic mass is 10.1. The minimum Gasteiger partial charge on any atom is -0.464 e. The fourth-order valence-electron chi connectivity index (χ4n) is 3.35. The fraction of sp³-hybridized carbons (Fsp3) is 0.0476. The molecule has 2 heterocycles. The number of benzene rings is 2. The SMILES string of the molecule is Clc1c#cc2c(c1)OC(c1ccccc1)n1c-2cc2cc(Cl)ccc21. The molecule has 120 valence electrons. The van der Waals surface area contributed by atoms with Crippen LogP contribution in [0.5, 0.6) is 5.75 Å². The molecule has 0 fully saturated rings. The van der Waals surface area contributed by atoms with Crippen molar-refractivity contribution in [2.45, 2.75) is 6.23 Å². The van der Waals surface area contributed by atoms with Gasteiger partial charge in [-0.05, 0) is 30.3 Å². The molecule has 25 heavy (non-hydrogen) atoms. The summed E-state index contributed by atoms with van der Waals surface area (Å²) >= 11 is 12.3. The third-order valence-electron chi connectivity index (χ3n) is 4.43. The maximum atomic E-state index is 6.32. The van der Waals surface area contributed by atoms with E-state index in [2.05, 4.69) is 34.9 Å². The minimum absolute atomic E-state index is 0.283. The topological polar surface area (TPSA) is 14.2 Å². The molecule has 0 saturated heterocycles. The molecule has 2 nitrogen and oxygen atoms in total. The summed E-state index contributed by atoms with van der Waals surface area (Å²) in [6, 6.07) is 26.0. The second-order valence-electron chi connectivity index (χ2n) is 5.97. The van der Waals surface area contributed by atoms with Gasteiger partial charge in [-0.15, -0.1) is 0 Å². The molecule has 5 rings (SSSR count). The highest BCUT2D eigenvalue weighted by molar-refractivity contribution is 6.31. The molecule has 3 aromatic carbocycles. The van der Waals surface area contributed by atoms with E-state index in [1.54, 1.807) is 6.07 Å². The molecule has 1 unspecified atom stereocenters. The molecule has 0 radical (unpaired) electrons. The van der Waals surface area contributed by atoms with Gasteiger partial charge in [0.25, 0.3) is 0 Å². The largest absolute Gasteiger partial charge is 0.464 e. The zero-order chi connectivity index (χ0) is 17.0. The van der Waals surface area contributed by atoms with Gasteiger partial charge >= 0.3 is 0 Å². The number of hydrogen-bond donors (Lipinski definition) is 0. The van der Waals surface area contributed by atoms with Gasteiger partial charge in [-0.2, -0.15) is 0 Å². The first-order valence-electron chi connectivity index (χ1n) is 7.87. The van der Waals surface area contributed by atoms with Gasteiger partial charge in [-0.25, -0.2) is 0 Å². The Morgan fingerprint density at radius 2 is 1.76 bits per heavy atom. The second kappa shape index (κ2) is 5.46. The molecule has 1 aromatic heterocycles. The normalized spacial score (nSPS) is 15.2. The van der Waals surface area contributed by atoms with Crippen LogP contribution in [0.1, 0.15) is 11.8 Å². The highest BCUT2D eigenvalue weighted by atomic mass is 35.5. The van der Waals surface area contributed by atoms with E-state index in [0.29, 0.717) is 15.8 Å². The van der Waals surface area contributed by atoms with E-state index >= 15 is 0 Å². The summed E-state index contributed by atoms with van der Waals surface area (Å²) in [7, 11) is 0. The monoisotopic (exact) mass is 363 g/mol. The van der Waals surface area contributed by atoms with E-state index in [0.717, 1.165) is 27.7 Å². The van der Waals surface area contributed by atoms with Crippen molar-refractivity contribution in [1.82, 2.24) is 4.57 Å². The molecule has 1 aliphatic heterocycles. The molecule has 0 bridgehead atoms. The maximum Gasteiger partial charge on any atom is 0.203 e. The molecule has 0 aliphatic carbocycles. The Bertz CT molecular complexity index is 1100. The molecular weight excluding hydrogens is 353 g/mol. The first kappa shape index (κ1) is 14.7. The first-order chi connectivity index (χ1) is 12.2. The second-order valence-corrected chi connectivity index (χ2v) is 6.81. The number of halogens is 2. The first-order valence-corrected chi connectivity index (χ1v) is 8.62. The van der Waals surface area contributed by atoms with Gasteiger partial charge < -0.3 is 4.74 Å². The van der Waals surface area contributed by atoms with Gasteiger partial charge in [-0.1, -0.05) is 59.6 Å². The van der Waals surface area contributed by atoms with Crippen LogP contribution in [0.2, 0.25) is 10.0 Å². The number of fused-ring (bicyclic) bond motifs is 5. The summed E-state index contributed by atoms with van der Waals surface area (Å²) in [6.07, 6.45) is -0.283. The quantitative estimate of drug-likeness (QED) is 0.395. The molecule has 1 atom stereocenters. The summed E-state index contributed by atoms with van der Waals surface area (Å²) in [4.78, 5) is 0. The summed E-state index contributed by atoms with van der Waals surface area (Å²) < 4.78 is 8.48. The predicted octanol–water partition coefficient (Wildman–Crippen LogP) is 6.15. The number of nitrogens with zero attached hydrogens (tertiary/aromatic N) is 1. The summed E-state index contributed by atoms with van der Waals surface area (Å²) in [5.41, 5.74) is 3.98. The Morgan fingerprint density at radius 3 is 2.60 bits per heavy atom. The number of hydrogen-bond acceptors (Lipinski definition) is 1. The Morgan fingerprint density at radius 1 is 0.920 bits per heavy atom. The molecule has 0 spiro atoms. The van der Waals surface area contributed by atoms with Crippen LogP contribution < -0.4 is 4.74 Å². The standard InChI is InChI=1S/C21H11Cl2NO/c22-15-7-9-18-14(10-15)11-19-17-8-6-16(23)12-20(17)25-21(24(18)19)13-4-2-1-3-5-13/h1-5,7,9-12,21H. The number of aromatic nitrogens is 1. The van der Waals surface area contributed by atoms with E-state index < -0.39 is 0 Å². The van der Waals surface area contributed by atoms with Gasteiger partial charge in [0.1, 0.15) is 5.75 Å². The molecule has 0 N–H and O–H groups in total. The third-order valence-corrected chi connectivity index (χ3v) is 4.86. The van der Waals surface area contributed by atoms with Crippen LogP contribution in [0.4, 0.5) is 0 Å². The summed E-state index contributed by atoms with van der Waals surface area (Å²) in [6.45, 7) is 0. The van der Waals surface area contributed by atoms with Gasteiger partial charge in [0.15, 0.2) is 0 Å². The molecule has 0 amide bonds. The lowest BCUT2D eigenvalue weighted by molar-refractivity contribution is 0.173. The maximum absolute atomic E-state index is 6.32. The Hall–Kier alpha value is -2.60. The molecule has 0 saturated carbocycles. The van der Waals surface area contributed by atoms with Crippen LogP contribution in [-0.4, -0.2) is 4.57 Å². The lowest BCUT2D eigenvalue weighted by Crippen LogP contribution is -2.21. The van der Waals surface area contributed by atoms with Crippen LogP contribution in [0.3, 0.4) is 0 Å². The van der Waals surface area contributed by atoms with Crippen LogP contribution >= 0.6 is 23.2 Å². The van der Waals surface area contributed by atoms with Gasteiger partial charge in [0.05, 0.1) is 21.8 Å². The van der Waals surface area contributed by atoms with Gasteiger partial charge in [0, 0.05) is 22.0 Å². The fourth-order valence-corrected chi connectivity index (χ4v) is 3.68. The van der Waals surface area contributed by atoms with E-state index in [-0.39, 0.29) is 6.23 Å². The lowest BCUT2D eigenvalue weighted by Gasteiger charge is -2.29. The van der Waals surface area contributed by atoms with E-state index in [1.807, 2.05) is 36.4 Å². The van der Waals surface area contributed by atoms with Crippen molar-refractivity contribution in [3.63, 3.8) is 0 Å². The number of rotatable bonds is 1. The molecule has 4 aromatic rings. The average Bonchev–Trinajstić information content (AvgIpc) is 3.00. The highest BCUT2D eigenvalue weighted by Gasteiger charge is 2.29. The van der Waals surface area contributed by atoms with Gasteiger partial charge in [0.2, 0.25) is 6.23 Å². The predicted molar refractivity (Wildman–Crippen MR) is 100 cm³/mol. The average molecular weight is 364 g/mol. The summed E-state index contributed by atoms with van der Waals surface area (Å²) in [5.74, 6) is 0.707. The van der Waals surface area contributed by atoms with E-state index in [1.165, 1.54) is 0 Å². The molecule has 4 heteroatoms. The highest BCUT2D eigenvalue weighted by Crippen LogP contribution is 2.44. The van der Waals surface area contributed by atoms with Crippen molar-refractivity contribution in [3.05, 3.63) is 88.4 Å². The van der Waals surface area contributed by atoms with Crippen molar-refractivity contribution < 1.29 is 4.74 Å². The van der Waals surface area contributed by atoms with Gasteiger partial charge in [-0.3, -0.25) is 4.57 Å². The smallest absolute Gasteiger partial charge is 0.203 e. The minimum atomic E-state index is -0.283. The number of ether oxygens (including phenoxy) is 1. The third kappa shape index (κ3) is 2.28. The zero-order valence-electron chi connectivity index (χ0n) is 13.0.